The van der Waals surface area contributed by atoms with Gasteiger partial charge in [0.1, 0.15) is 11.6 Å². The third kappa shape index (κ3) is 4.55. The second-order valence-electron chi connectivity index (χ2n) is 8.40. The predicted octanol–water partition coefficient (Wildman–Crippen LogP) is 3.40. The Morgan fingerprint density at radius 2 is 2.14 bits per heavy atom. The van der Waals surface area contributed by atoms with Crippen molar-refractivity contribution in [3.05, 3.63) is 58.9 Å². The molecule has 1 unspecified atom stereocenters. The first-order chi connectivity index (χ1) is 17.5. The number of rotatable bonds is 5. The van der Waals surface area contributed by atoms with Gasteiger partial charge in [0.25, 0.3) is 0 Å². The average Bonchev–Trinajstić information content (AvgIpc) is 3.56. The molecule has 194 valence electrons. The van der Waals surface area contributed by atoms with Crippen LogP contribution >= 0.6 is 0 Å². The lowest BCUT2D eigenvalue weighted by Crippen LogP contribution is -2.28. The number of carbonyl (C=O) groups excluding carboxylic acids is 1. The number of imidazole rings is 1. The minimum atomic E-state index is -4.98. The first kappa shape index (κ1) is 24.5. The first-order valence-electron chi connectivity index (χ1n) is 11.1. The number of aromatic nitrogens is 5. The van der Waals surface area contributed by atoms with Crippen LogP contribution in [0.15, 0.2) is 30.6 Å². The SMILES string of the molecule is Cc1cc(-c2cnc(OC(=O)NCc3c(F)ccc4c3CCO4)n3cc(C(O)C(F)(F)F)nc23)n(C)n1. The number of hydrogen-bond donors (Lipinski definition) is 2. The number of nitrogens with one attached hydrogen (secondary N) is 1. The Morgan fingerprint density at radius 1 is 1.35 bits per heavy atom. The fraction of sp³-hybridized carbons (Fsp3) is 0.304. The highest BCUT2D eigenvalue weighted by Gasteiger charge is 2.41. The molecule has 4 heterocycles. The van der Waals surface area contributed by atoms with Gasteiger partial charge in [0.05, 0.1) is 29.3 Å². The number of aliphatic hydroxyl groups is 1. The van der Waals surface area contributed by atoms with E-state index in [1.54, 1.807) is 20.0 Å². The molecule has 4 aromatic rings. The highest BCUT2D eigenvalue weighted by atomic mass is 19.4. The summed E-state index contributed by atoms with van der Waals surface area (Å²) in [4.78, 5) is 20.6. The Morgan fingerprint density at radius 3 is 2.84 bits per heavy atom. The second-order valence-corrected chi connectivity index (χ2v) is 8.40. The van der Waals surface area contributed by atoms with E-state index in [-0.39, 0.29) is 17.8 Å². The maximum Gasteiger partial charge on any atom is 0.420 e. The Labute approximate surface area is 206 Å². The van der Waals surface area contributed by atoms with Crippen molar-refractivity contribution in [2.45, 2.75) is 32.2 Å². The van der Waals surface area contributed by atoms with Crippen LogP contribution in [0.25, 0.3) is 16.9 Å². The third-order valence-corrected chi connectivity index (χ3v) is 5.88. The summed E-state index contributed by atoms with van der Waals surface area (Å²) in [6, 6.07) is 4.01. The normalized spacial score (nSPS) is 13.9. The molecule has 2 N–H and O–H groups in total. The van der Waals surface area contributed by atoms with Crippen LogP contribution in [-0.2, 0) is 20.0 Å². The van der Waals surface area contributed by atoms with E-state index in [9.17, 15) is 27.5 Å². The molecule has 14 heteroatoms. The summed E-state index contributed by atoms with van der Waals surface area (Å²) in [6.07, 6.45) is -6.24. The topological polar surface area (TPSA) is 116 Å². The predicted molar refractivity (Wildman–Crippen MR) is 119 cm³/mol. The van der Waals surface area contributed by atoms with Crippen LogP contribution in [0.4, 0.5) is 22.4 Å². The molecule has 1 aliphatic rings. The maximum atomic E-state index is 14.4. The van der Waals surface area contributed by atoms with Gasteiger partial charge in [0.15, 0.2) is 11.8 Å². The molecule has 10 nitrogen and oxygen atoms in total. The van der Waals surface area contributed by atoms with E-state index >= 15 is 0 Å². The lowest BCUT2D eigenvalue weighted by molar-refractivity contribution is -0.207. The van der Waals surface area contributed by atoms with Crippen LogP contribution in [0.3, 0.4) is 0 Å². The smallest absolute Gasteiger partial charge is 0.420 e. The lowest BCUT2D eigenvalue weighted by atomic mass is 10.0. The quantitative estimate of drug-likeness (QED) is 0.388. The zero-order valence-electron chi connectivity index (χ0n) is 19.5. The monoisotopic (exact) mass is 520 g/mol. The number of fused-ring (bicyclic) bond motifs is 2. The van der Waals surface area contributed by atoms with E-state index in [2.05, 4.69) is 20.4 Å². The highest BCUT2D eigenvalue weighted by molar-refractivity contribution is 5.76. The number of nitrogens with zero attached hydrogens (tertiary/aromatic N) is 5. The molecule has 0 fully saturated rings. The molecule has 0 aliphatic carbocycles. The molecule has 0 radical (unpaired) electrons. The third-order valence-electron chi connectivity index (χ3n) is 5.88. The zero-order valence-corrected chi connectivity index (χ0v) is 19.5. The number of amides is 1. The number of benzene rings is 1. The van der Waals surface area contributed by atoms with Crippen LogP contribution in [0, 0.1) is 12.7 Å². The van der Waals surface area contributed by atoms with E-state index in [4.69, 9.17) is 9.47 Å². The number of hydrogen-bond acceptors (Lipinski definition) is 7. The van der Waals surface area contributed by atoms with Crippen LogP contribution in [0.1, 0.15) is 28.6 Å². The Hall–Kier alpha value is -4.20. The summed E-state index contributed by atoms with van der Waals surface area (Å²) in [5.74, 6) is 0.00591. The number of ether oxygens (including phenoxy) is 2. The van der Waals surface area contributed by atoms with E-state index in [0.717, 1.165) is 10.6 Å². The molecule has 0 saturated carbocycles. The van der Waals surface area contributed by atoms with Gasteiger partial charge in [0, 0.05) is 43.5 Å². The van der Waals surface area contributed by atoms with Crippen molar-refractivity contribution in [3.8, 4) is 23.0 Å². The van der Waals surface area contributed by atoms with Crippen LogP contribution in [0.5, 0.6) is 11.8 Å². The molecule has 0 bridgehead atoms. The summed E-state index contributed by atoms with van der Waals surface area (Å²) in [5.41, 5.74) is 1.53. The Bertz CT molecular complexity index is 1510. The van der Waals surface area contributed by atoms with Gasteiger partial charge in [0.2, 0.25) is 0 Å². The van der Waals surface area contributed by atoms with Gasteiger partial charge in [-0.3, -0.25) is 9.08 Å². The molecule has 1 aliphatic heterocycles. The fourth-order valence-corrected chi connectivity index (χ4v) is 4.18. The lowest BCUT2D eigenvalue weighted by Gasteiger charge is -2.11. The van der Waals surface area contributed by atoms with Crippen molar-refractivity contribution >= 4 is 11.7 Å². The largest absolute Gasteiger partial charge is 0.493 e. The zero-order chi connectivity index (χ0) is 26.5. The van der Waals surface area contributed by atoms with E-state index in [1.165, 1.54) is 23.0 Å². The van der Waals surface area contributed by atoms with Gasteiger partial charge < -0.3 is 19.9 Å². The average molecular weight is 520 g/mol. The molecule has 5 rings (SSSR count). The van der Waals surface area contributed by atoms with Crippen molar-refractivity contribution in [2.24, 2.45) is 7.05 Å². The summed E-state index contributed by atoms with van der Waals surface area (Å²) >= 11 is 0. The van der Waals surface area contributed by atoms with Gasteiger partial charge in [-0.25, -0.2) is 19.2 Å². The van der Waals surface area contributed by atoms with Crippen molar-refractivity contribution in [3.63, 3.8) is 0 Å². The highest BCUT2D eigenvalue weighted by Crippen LogP contribution is 2.35. The van der Waals surface area contributed by atoms with E-state index < -0.39 is 35.9 Å². The van der Waals surface area contributed by atoms with Crippen LogP contribution in [-0.4, -0.2) is 48.1 Å². The van der Waals surface area contributed by atoms with Gasteiger partial charge in [-0.15, -0.1) is 0 Å². The molecule has 1 aromatic carbocycles. The van der Waals surface area contributed by atoms with Crippen molar-refractivity contribution in [1.82, 2.24) is 29.5 Å². The van der Waals surface area contributed by atoms with Crippen molar-refractivity contribution in [1.29, 1.82) is 0 Å². The molecule has 0 saturated heterocycles. The number of aliphatic hydroxyl groups excluding tert-OH is 1. The molecule has 1 atom stereocenters. The van der Waals surface area contributed by atoms with E-state index in [1.807, 2.05) is 0 Å². The van der Waals surface area contributed by atoms with Crippen LogP contribution < -0.4 is 14.8 Å². The number of carbonyl (C=O) groups is 1. The van der Waals surface area contributed by atoms with E-state index in [0.29, 0.717) is 41.3 Å². The van der Waals surface area contributed by atoms with Gasteiger partial charge in [-0.05, 0) is 25.1 Å². The molecular weight excluding hydrogens is 500 g/mol. The maximum absolute atomic E-state index is 14.4. The van der Waals surface area contributed by atoms with Crippen LogP contribution in [0.2, 0.25) is 0 Å². The Kier molecular flexibility index (Phi) is 5.98. The number of alkyl halides is 3. The summed E-state index contributed by atoms with van der Waals surface area (Å²) in [7, 11) is 1.63. The summed E-state index contributed by atoms with van der Waals surface area (Å²) in [5, 5.41) is 16.4. The molecule has 0 spiro atoms. The second kappa shape index (κ2) is 9.03. The summed E-state index contributed by atoms with van der Waals surface area (Å²) in [6.45, 7) is 1.92. The van der Waals surface area contributed by atoms with Crippen molar-refractivity contribution < 1.29 is 36.9 Å². The fourth-order valence-electron chi connectivity index (χ4n) is 4.18. The standard InChI is InChI=1S/C23H20F4N6O4/c1-11-7-17(32(2)31-11)14-9-28-21(33-10-16(30-20(14)33)19(34)23(25,26)27)37-22(35)29-8-13-12-5-6-36-18(12)4-3-15(13)24/h3-4,7,9-10,19,34H,5-6,8H2,1-2H3,(H,29,35). The first-order valence-corrected chi connectivity index (χ1v) is 11.1. The van der Waals surface area contributed by atoms with Gasteiger partial charge in [-0.2, -0.15) is 18.3 Å². The van der Waals surface area contributed by atoms with Crippen molar-refractivity contribution in [2.75, 3.05) is 6.61 Å². The molecule has 3 aromatic heterocycles. The minimum absolute atomic E-state index is 0.0526. The van der Waals surface area contributed by atoms with Gasteiger partial charge in [-0.1, -0.05) is 0 Å². The minimum Gasteiger partial charge on any atom is -0.493 e. The van der Waals surface area contributed by atoms with Gasteiger partial charge >= 0.3 is 18.3 Å². The number of halogens is 4. The molecule has 1 amide bonds. The Balaban J connectivity index is 1.47. The molecular formula is C23H20F4N6O4. The number of aryl methyl sites for hydroxylation is 2. The molecule has 37 heavy (non-hydrogen) atoms. The summed E-state index contributed by atoms with van der Waals surface area (Å²) < 4.78 is 67.1.